The first-order valence-corrected chi connectivity index (χ1v) is 8.95. The molecule has 1 aliphatic heterocycles. The number of carbonyl (C=O) groups excluding carboxylic acids is 1. The molecule has 2 heterocycles. The van der Waals surface area contributed by atoms with Crippen molar-refractivity contribution in [2.45, 2.75) is 57.7 Å². The Balaban J connectivity index is 2.04. The van der Waals surface area contributed by atoms with Gasteiger partial charge in [-0.2, -0.15) is 0 Å². The Hall–Kier alpha value is -1.11. The first kappa shape index (κ1) is 18.2. The molecule has 0 bridgehead atoms. The minimum Gasteiger partial charge on any atom is -0.465 e. The molecule has 1 amide bonds. The SMILES string of the molecule is CC(C)(C)N(C(=O)O)C1CCNC(C(=O)Cc2csc(Cl)c2)C1. The van der Waals surface area contributed by atoms with Crippen LogP contribution in [0.3, 0.4) is 0 Å². The molecule has 128 valence electrons. The number of hydrogen-bond donors (Lipinski definition) is 2. The molecule has 5 nitrogen and oxygen atoms in total. The summed E-state index contributed by atoms with van der Waals surface area (Å²) in [7, 11) is 0. The molecule has 2 atom stereocenters. The van der Waals surface area contributed by atoms with Gasteiger partial charge in [0, 0.05) is 18.0 Å². The fourth-order valence-corrected chi connectivity index (χ4v) is 4.04. The Morgan fingerprint density at radius 3 is 2.70 bits per heavy atom. The van der Waals surface area contributed by atoms with Crippen LogP contribution in [-0.2, 0) is 11.2 Å². The Kier molecular flexibility index (Phi) is 5.70. The molecule has 1 saturated heterocycles. The molecule has 1 aromatic heterocycles. The smallest absolute Gasteiger partial charge is 0.407 e. The first-order valence-electron chi connectivity index (χ1n) is 7.69. The maximum atomic E-state index is 12.5. The molecule has 0 spiro atoms. The van der Waals surface area contributed by atoms with Crippen molar-refractivity contribution >= 4 is 34.8 Å². The van der Waals surface area contributed by atoms with Gasteiger partial charge in [-0.25, -0.2) is 4.79 Å². The summed E-state index contributed by atoms with van der Waals surface area (Å²) in [6.07, 6.45) is 0.633. The fraction of sp³-hybridized carbons (Fsp3) is 0.625. The maximum Gasteiger partial charge on any atom is 0.407 e. The summed E-state index contributed by atoms with van der Waals surface area (Å²) in [5.41, 5.74) is 0.433. The first-order chi connectivity index (χ1) is 10.7. The van der Waals surface area contributed by atoms with Crippen LogP contribution in [-0.4, -0.2) is 46.1 Å². The summed E-state index contributed by atoms with van der Waals surface area (Å²) >= 11 is 7.31. The quantitative estimate of drug-likeness (QED) is 0.865. The van der Waals surface area contributed by atoms with Crippen molar-refractivity contribution in [2.75, 3.05) is 6.54 Å². The predicted octanol–water partition coefficient (Wildman–Crippen LogP) is 3.41. The van der Waals surface area contributed by atoms with Gasteiger partial charge in [0.15, 0.2) is 5.78 Å². The zero-order valence-corrected chi connectivity index (χ0v) is 15.2. The minimum atomic E-state index is -0.930. The average Bonchev–Trinajstić information content (AvgIpc) is 2.82. The minimum absolute atomic E-state index is 0.0865. The van der Waals surface area contributed by atoms with Gasteiger partial charge < -0.3 is 15.3 Å². The highest BCUT2D eigenvalue weighted by Crippen LogP contribution is 2.26. The third kappa shape index (κ3) is 4.68. The number of halogens is 1. The molecule has 0 radical (unpaired) electrons. The van der Waals surface area contributed by atoms with E-state index in [0.29, 0.717) is 23.7 Å². The van der Waals surface area contributed by atoms with Crippen molar-refractivity contribution in [3.05, 3.63) is 21.3 Å². The number of carboxylic acid groups (broad SMARTS) is 1. The van der Waals surface area contributed by atoms with Gasteiger partial charge in [0.2, 0.25) is 0 Å². The third-order valence-electron chi connectivity index (χ3n) is 4.06. The van der Waals surface area contributed by atoms with Gasteiger partial charge in [-0.3, -0.25) is 4.79 Å². The van der Waals surface area contributed by atoms with E-state index in [1.807, 2.05) is 32.2 Å². The summed E-state index contributed by atoms with van der Waals surface area (Å²) in [4.78, 5) is 25.6. The lowest BCUT2D eigenvalue weighted by Gasteiger charge is -2.43. The molecule has 0 aromatic carbocycles. The van der Waals surface area contributed by atoms with Crippen LogP contribution in [0.4, 0.5) is 4.79 Å². The van der Waals surface area contributed by atoms with Gasteiger partial charge in [0.05, 0.1) is 10.4 Å². The van der Waals surface area contributed by atoms with Gasteiger partial charge in [0.1, 0.15) is 0 Å². The molecule has 23 heavy (non-hydrogen) atoms. The summed E-state index contributed by atoms with van der Waals surface area (Å²) in [5.74, 6) is 0.0865. The molecule has 1 aromatic rings. The highest BCUT2D eigenvalue weighted by atomic mass is 35.5. The number of ketones is 1. The van der Waals surface area contributed by atoms with E-state index in [-0.39, 0.29) is 17.9 Å². The molecule has 2 unspecified atom stereocenters. The Bertz CT molecular complexity index is 582. The average molecular weight is 359 g/mol. The lowest BCUT2D eigenvalue weighted by Crippen LogP contribution is -2.57. The van der Waals surface area contributed by atoms with Crippen molar-refractivity contribution < 1.29 is 14.7 Å². The maximum absolute atomic E-state index is 12.5. The number of thiophene rings is 1. The van der Waals surface area contributed by atoms with Crippen molar-refractivity contribution in [3.63, 3.8) is 0 Å². The molecule has 1 aliphatic rings. The van der Waals surface area contributed by atoms with E-state index in [2.05, 4.69) is 5.32 Å². The number of Topliss-reactive ketones (excluding diaryl/α,β-unsaturated/α-hetero) is 1. The van der Waals surface area contributed by atoms with Crippen molar-refractivity contribution in [1.82, 2.24) is 10.2 Å². The van der Waals surface area contributed by atoms with Crippen LogP contribution in [0.15, 0.2) is 11.4 Å². The van der Waals surface area contributed by atoms with Gasteiger partial charge in [-0.1, -0.05) is 11.6 Å². The second kappa shape index (κ2) is 7.20. The molecule has 0 saturated carbocycles. The fourth-order valence-electron chi connectivity index (χ4n) is 3.13. The summed E-state index contributed by atoms with van der Waals surface area (Å²) in [6, 6.07) is 1.36. The highest BCUT2D eigenvalue weighted by Gasteiger charge is 2.37. The topological polar surface area (TPSA) is 69.6 Å². The van der Waals surface area contributed by atoms with Gasteiger partial charge in [0.25, 0.3) is 0 Å². The van der Waals surface area contributed by atoms with Crippen LogP contribution in [0.1, 0.15) is 39.2 Å². The van der Waals surface area contributed by atoms with Crippen molar-refractivity contribution in [1.29, 1.82) is 0 Å². The number of carbonyl (C=O) groups is 2. The molecular formula is C16H23ClN2O3S. The molecule has 2 rings (SSSR count). The second-order valence-electron chi connectivity index (χ2n) is 6.91. The zero-order valence-electron chi connectivity index (χ0n) is 13.6. The number of rotatable bonds is 4. The van der Waals surface area contributed by atoms with E-state index in [1.54, 1.807) is 0 Å². The molecule has 1 fully saturated rings. The Morgan fingerprint density at radius 2 is 2.17 bits per heavy atom. The Morgan fingerprint density at radius 1 is 1.48 bits per heavy atom. The van der Waals surface area contributed by atoms with E-state index in [9.17, 15) is 14.7 Å². The van der Waals surface area contributed by atoms with Gasteiger partial charge in [-0.15, -0.1) is 11.3 Å². The zero-order chi connectivity index (χ0) is 17.2. The number of amides is 1. The van der Waals surface area contributed by atoms with Crippen LogP contribution < -0.4 is 5.32 Å². The lowest BCUT2D eigenvalue weighted by atomic mass is 9.90. The Labute approximate surface area is 145 Å². The van der Waals surface area contributed by atoms with Crippen molar-refractivity contribution in [3.8, 4) is 0 Å². The number of nitrogens with zero attached hydrogens (tertiary/aromatic N) is 1. The highest BCUT2D eigenvalue weighted by molar-refractivity contribution is 7.14. The number of piperidine rings is 1. The van der Waals surface area contributed by atoms with E-state index in [0.717, 1.165) is 12.0 Å². The number of nitrogens with one attached hydrogen (secondary N) is 1. The van der Waals surface area contributed by atoms with E-state index in [1.165, 1.54) is 16.2 Å². The molecule has 7 heteroatoms. The molecule has 0 aliphatic carbocycles. The van der Waals surface area contributed by atoms with Crippen molar-refractivity contribution in [2.24, 2.45) is 0 Å². The molecule has 2 N–H and O–H groups in total. The second-order valence-corrected chi connectivity index (χ2v) is 8.45. The third-order valence-corrected chi connectivity index (χ3v) is 5.20. The lowest BCUT2D eigenvalue weighted by molar-refractivity contribution is -0.121. The standard InChI is InChI=1S/C16H23ClN2O3S/c1-16(2,3)19(15(21)22)11-4-5-18-12(8-11)13(20)6-10-7-14(17)23-9-10/h7,9,11-12,18H,4-6,8H2,1-3H3,(H,21,22). The van der Waals surface area contributed by atoms with Crippen LogP contribution in [0.25, 0.3) is 0 Å². The van der Waals surface area contributed by atoms with E-state index >= 15 is 0 Å². The van der Waals surface area contributed by atoms with Crippen LogP contribution in [0, 0.1) is 0 Å². The normalized spacial score (nSPS) is 21.9. The number of hydrogen-bond acceptors (Lipinski definition) is 4. The predicted molar refractivity (Wildman–Crippen MR) is 92.5 cm³/mol. The summed E-state index contributed by atoms with van der Waals surface area (Å²) in [6.45, 7) is 6.29. The van der Waals surface area contributed by atoms with Gasteiger partial charge in [-0.05, 0) is 57.2 Å². The van der Waals surface area contributed by atoms with Crippen LogP contribution >= 0.6 is 22.9 Å². The van der Waals surface area contributed by atoms with Crippen LogP contribution in [0.2, 0.25) is 4.34 Å². The largest absolute Gasteiger partial charge is 0.465 e. The summed E-state index contributed by atoms with van der Waals surface area (Å²) in [5, 5.41) is 14.6. The summed E-state index contributed by atoms with van der Waals surface area (Å²) < 4.78 is 0.673. The van der Waals surface area contributed by atoms with E-state index in [4.69, 9.17) is 11.6 Å². The van der Waals surface area contributed by atoms with Crippen LogP contribution in [0.5, 0.6) is 0 Å². The monoisotopic (exact) mass is 358 g/mol. The van der Waals surface area contributed by atoms with E-state index < -0.39 is 11.6 Å². The van der Waals surface area contributed by atoms with Gasteiger partial charge >= 0.3 is 6.09 Å². The molecular weight excluding hydrogens is 336 g/mol.